The van der Waals surface area contributed by atoms with Crippen LogP contribution in [0.25, 0.3) is 10.9 Å². The highest BCUT2D eigenvalue weighted by Crippen LogP contribution is 2.34. The number of hydrogen-bond donors (Lipinski definition) is 3. The number of anilines is 2. The zero-order chi connectivity index (χ0) is 25.5. The van der Waals surface area contributed by atoms with Crippen LogP contribution in [0.15, 0.2) is 12.1 Å². The van der Waals surface area contributed by atoms with E-state index in [1.807, 2.05) is 12.1 Å². The summed E-state index contributed by atoms with van der Waals surface area (Å²) in [6.45, 7) is 3.36. The number of halogens is 1. The van der Waals surface area contributed by atoms with E-state index in [9.17, 15) is 4.79 Å². The lowest BCUT2D eigenvalue weighted by Crippen LogP contribution is -2.25. The minimum absolute atomic E-state index is 0.00431. The van der Waals surface area contributed by atoms with Crippen LogP contribution in [-0.4, -0.2) is 81.1 Å². The molecular weight excluding hydrogens is 468 g/mol. The molecular formula is C25H41ClN6O3. The molecule has 0 saturated heterocycles. The van der Waals surface area contributed by atoms with Gasteiger partial charge in [0, 0.05) is 31.1 Å². The van der Waals surface area contributed by atoms with Crippen molar-refractivity contribution in [3.05, 3.63) is 12.1 Å². The quantitative estimate of drug-likeness (QED) is 0.204. The molecule has 0 aliphatic rings. The highest BCUT2D eigenvalue weighted by Gasteiger charge is 2.13. The first-order valence-electron chi connectivity index (χ1n) is 12.4. The molecule has 0 saturated carbocycles. The van der Waals surface area contributed by atoms with E-state index in [0.29, 0.717) is 24.0 Å². The number of aromatic nitrogens is 2. The molecule has 196 valence electrons. The van der Waals surface area contributed by atoms with Crippen LogP contribution in [0.5, 0.6) is 11.5 Å². The van der Waals surface area contributed by atoms with Gasteiger partial charge in [-0.2, -0.15) is 4.98 Å². The van der Waals surface area contributed by atoms with E-state index in [0.717, 1.165) is 62.0 Å². The SMILES string of the molecule is COc1cc2nc(NCCCCCNC(=O)CCl)nc(NCCCCCCN(C)C)c2cc1OC. The van der Waals surface area contributed by atoms with Crippen LogP contribution in [0.4, 0.5) is 11.8 Å². The second-order valence-electron chi connectivity index (χ2n) is 8.74. The number of unbranched alkanes of at least 4 members (excludes halogenated alkanes) is 5. The van der Waals surface area contributed by atoms with Gasteiger partial charge in [0.1, 0.15) is 11.7 Å². The lowest BCUT2D eigenvalue weighted by molar-refractivity contribution is -0.118. The van der Waals surface area contributed by atoms with Crippen LogP contribution in [-0.2, 0) is 4.79 Å². The third-order valence-corrected chi connectivity index (χ3v) is 5.85. The normalized spacial score (nSPS) is 11.0. The van der Waals surface area contributed by atoms with Gasteiger partial charge in [0.05, 0.1) is 19.7 Å². The number of carbonyl (C=O) groups is 1. The van der Waals surface area contributed by atoms with Crippen molar-refractivity contribution in [2.45, 2.75) is 44.9 Å². The number of nitrogens with zero attached hydrogens (tertiary/aromatic N) is 3. The fraction of sp³-hybridized carbons (Fsp3) is 0.640. The molecule has 0 radical (unpaired) electrons. The number of methoxy groups -OCH3 is 2. The molecule has 2 aromatic rings. The Hall–Kier alpha value is -2.52. The predicted molar refractivity (Wildman–Crippen MR) is 144 cm³/mol. The van der Waals surface area contributed by atoms with E-state index >= 15 is 0 Å². The van der Waals surface area contributed by atoms with E-state index in [4.69, 9.17) is 31.0 Å². The summed E-state index contributed by atoms with van der Waals surface area (Å²) in [7, 11) is 7.47. The average molecular weight is 509 g/mol. The minimum atomic E-state index is -0.130. The number of alkyl halides is 1. The van der Waals surface area contributed by atoms with Gasteiger partial charge in [-0.05, 0) is 58.8 Å². The molecule has 1 aromatic carbocycles. The Balaban J connectivity index is 1.98. The third-order valence-electron chi connectivity index (χ3n) is 5.61. The standard InChI is InChI=1S/C25H41ClN6O3/c1-32(2)15-11-6-5-8-13-28-24-19-16-21(34-3)22(35-4)17-20(19)30-25(31-24)29-14-10-7-9-12-27-23(33)18-26/h16-17H,5-15,18H2,1-4H3,(H,27,33)(H2,28,29,30,31). The largest absolute Gasteiger partial charge is 0.493 e. The van der Waals surface area contributed by atoms with Crippen LogP contribution in [0, 0.1) is 0 Å². The molecule has 0 spiro atoms. The molecule has 3 N–H and O–H groups in total. The number of fused-ring (bicyclic) bond motifs is 1. The zero-order valence-electron chi connectivity index (χ0n) is 21.6. The first-order chi connectivity index (χ1) is 17.0. The van der Waals surface area contributed by atoms with E-state index in [2.05, 4.69) is 34.9 Å². The summed E-state index contributed by atoms with van der Waals surface area (Å²) in [5, 5.41) is 10.5. The van der Waals surface area contributed by atoms with Crippen LogP contribution in [0.1, 0.15) is 44.9 Å². The van der Waals surface area contributed by atoms with Crippen molar-refractivity contribution in [2.75, 3.05) is 71.0 Å². The van der Waals surface area contributed by atoms with Crippen molar-refractivity contribution in [1.82, 2.24) is 20.2 Å². The van der Waals surface area contributed by atoms with Crippen LogP contribution in [0.2, 0.25) is 0 Å². The van der Waals surface area contributed by atoms with Gasteiger partial charge in [0.2, 0.25) is 11.9 Å². The molecule has 9 nitrogen and oxygen atoms in total. The molecule has 0 bridgehead atoms. The fourth-order valence-corrected chi connectivity index (χ4v) is 3.78. The number of benzene rings is 1. The first-order valence-corrected chi connectivity index (χ1v) is 12.9. The summed E-state index contributed by atoms with van der Waals surface area (Å²) in [6.07, 6.45) is 7.52. The topological polar surface area (TPSA) is 101 Å². The fourth-order valence-electron chi connectivity index (χ4n) is 3.68. The molecule has 0 atom stereocenters. The monoisotopic (exact) mass is 508 g/mol. The van der Waals surface area contributed by atoms with Crippen molar-refractivity contribution in [3.8, 4) is 11.5 Å². The van der Waals surface area contributed by atoms with Crippen molar-refractivity contribution in [2.24, 2.45) is 0 Å². The van der Waals surface area contributed by atoms with Crippen molar-refractivity contribution in [3.63, 3.8) is 0 Å². The van der Waals surface area contributed by atoms with E-state index in [-0.39, 0.29) is 11.8 Å². The lowest BCUT2D eigenvalue weighted by atomic mass is 10.1. The van der Waals surface area contributed by atoms with E-state index < -0.39 is 0 Å². The Bertz CT molecular complexity index is 912. The number of rotatable bonds is 18. The van der Waals surface area contributed by atoms with Crippen LogP contribution in [0.3, 0.4) is 0 Å². The average Bonchev–Trinajstić information content (AvgIpc) is 2.86. The second kappa shape index (κ2) is 16.2. The molecule has 1 amide bonds. The van der Waals surface area contributed by atoms with Gasteiger partial charge in [-0.25, -0.2) is 4.98 Å². The molecule has 1 aromatic heterocycles. The van der Waals surface area contributed by atoms with Gasteiger partial charge < -0.3 is 30.3 Å². The van der Waals surface area contributed by atoms with E-state index in [1.165, 1.54) is 19.3 Å². The maximum absolute atomic E-state index is 11.2. The van der Waals surface area contributed by atoms with Gasteiger partial charge in [-0.1, -0.05) is 12.8 Å². The molecule has 0 unspecified atom stereocenters. The Kier molecular flexibility index (Phi) is 13.3. The number of nitrogens with one attached hydrogen (secondary N) is 3. The first kappa shape index (κ1) is 28.7. The van der Waals surface area contributed by atoms with Crippen molar-refractivity contribution >= 4 is 40.2 Å². The van der Waals surface area contributed by atoms with Gasteiger partial charge in [-0.3, -0.25) is 4.79 Å². The number of ether oxygens (including phenoxy) is 2. The molecule has 2 rings (SSSR count). The molecule has 0 aliphatic heterocycles. The highest BCUT2D eigenvalue weighted by atomic mass is 35.5. The van der Waals surface area contributed by atoms with Crippen LogP contribution >= 0.6 is 11.6 Å². The third kappa shape index (κ3) is 10.3. The van der Waals surface area contributed by atoms with Crippen molar-refractivity contribution < 1.29 is 14.3 Å². The minimum Gasteiger partial charge on any atom is -0.493 e. The molecule has 1 heterocycles. The lowest BCUT2D eigenvalue weighted by Gasteiger charge is -2.14. The van der Waals surface area contributed by atoms with Gasteiger partial charge in [-0.15, -0.1) is 11.6 Å². The molecule has 10 heteroatoms. The maximum atomic E-state index is 11.2. The number of amides is 1. The Labute approximate surface area is 214 Å². The maximum Gasteiger partial charge on any atom is 0.234 e. The Morgan fingerprint density at radius 3 is 2.20 bits per heavy atom. The summed E-state index contributed by atoms with van der Waals surface area (Å²) in [6, 6.07) is 3.81. The summed E-state index contributed by atoms with van der Waals surface area (Å²) in [5.41, 5.74) is 0.789. The summed E-state index contributed by atoms with van der Waals surface area (Å²) >= 11 is 5.49. The highest BCUT2D eigenvalue weighted by molar-refractivity contribution is 6.27. The predicted octanol–water partition coefficient (Wildman–Crippen LogP) is 4.12. The number of carbonyl (C=O) groups excluding carboxylic acids is 1. The zero-order valence-corrected chi connectivity index (χ0v) is 22.3. The molecule has 0 aliphatic carbocycles. The number of hydrogen-bond acceptors (Lipinski definition) is 8. The smallest absolute Gasteiger partial charge is 0.234 e. The summed E-state index contributed by atoms with van der Waals surface area (Å²) in [4.78, 5) is 22.9. The van der Waals surface area contributed by atoms with Crippen LogP contribution < -0.4 is 25.4 Å². The van der Waals surface area contributed by atoms with Gasteiger partial charge in [0.15, 0.2) is 11.5 Å². The summed E-state index contributed by atoms with van der Waals surface area (Å²) in [5.74, 6) is 2.52. The second-order valence-corrected chi connectivity index (χ2v) is 9.00. The molecule has 0 fully saturated rings. The summed E-state index contributed by atoms with van der Waals surface area (Å²) < 4.78 is 11.0. The van der Waals surface area contributed by atoms with E-state index in [1.54, 1.807) is 14.2 Å². The Morgan fingerprint density at radius 2 is 1.51 bits per heavy atom. The van der Waals surface area contributed by atoms with Gasteiger partial charge in [0.25, 0.3) is 0 Å². The molecule has 35 heavy (non-hydrogen) atoms. The van der Waals surface area contributed by atoms with Gasteiger partial charge >= 0.3 is 0 Å². The van der Waals surface area contributed by atoms with Crippen molar-refractivity contribution in [1.29, 1.82) is 0 Å². The Morgan fingerprint density at radius 1 is 0.886 bits per heavy atom.